The van der Waals surface area contributed by atoms with Crippen molar-refractivity contribution in [2.45, 2.75) is 51.9 Å². The van der Waals surface area contributed by atoms with E-state index < -0.39 is 5.97 Å². The van der Waals surface area contributed by atoms with Crippen LogP contribution in [0.5, 0.6) is 0 Å². The molecule has 1 aliphatic carbocycles. The minimum Gasteiger partial charge on any atom is -0.478 e. The molecule has 80 valence electrons. The van der Waals surface area contributed by atoms with Crippen molar-refractivity contribution in [2.75, 3.05) is 0 Å². The zero-order chi connectivity index (χ0) is 10.4. The van der Waals surface area contributed by atoms with Crippen LogP contribution in [0.15, 0.2) is 11.6 Å². The van der Waals surface area contributed by atoms with Crippen LogP contribution in [0.1, 0.15) is 51.9 Å². The second kappa shape index (κ2) is 5.84. The molecule has 0 aromatic heterocycles. The number of carboxylic acid groups (broad SMARTS) is 1. The average Bonchev–Trinajstić information content (AvgIpc) is 2.16. The fourth-order valence-electron chi connectivity index (χ4n) is 2.24. The highest BCUT2D eigenvalue weighted by atomic mass is 16.4. The summed E-state index contributed by atoms with van der Waals surface area (Å²) in [4.78, 5) is 10.6. The molecule has 1 aliphatic rings. The lowest BCUT2D eigenvalue weighted by atomic mass is 9.81. The molecule has 0 aromatic rings. The number of hydrogen-bond acceptors (Lipinski definition) is 1. The van der Waals surface area contributed by atoms with Crippen molar-refractivity contribution >= 4 is 5.97 Å². The summed E-state index contributed by atoms with van der Waals surface area (Å²) >= 11 is 0. The number of aliphatic carboxylic acids is 1. The first-order valence-corrected chi connectivity index (χ1v) is 5.67. The Morgan fingerprint density at radius 3 is 3.00 bits per heavy atom. The Balaban J connectivity index is 2.54. The van der Waals surface area contributed by atoms with E-state index in [1.54, 1.807) is 0 Å². The Labute approximate surface area is 86.0 Å². The summed E-state index contributed by atoms with van der Waals surface area (Å²) in [6, 6.07) is 0. The first-order valence-electron chi connectivity index (χ1n) is 5.67. The molecular weight excluding hydrogens is 176 g/mol. The van der Waals surface area contributed by atoms with Crippen molar-refractivity contribution in [1.82, 2.24) is 0 Å². The van der Waals surface area contributed by atoms with Gasteiger partial charge in [-0.25, -0.2) is 4.79 Å². The first kappa shape index (κ1) is 11.3. The molecule has 14 heavy (non-hydrogen) atoms. The normalized spacial score (nSPS) is 25.2. The molecule has 1 atom stereocenters. The fourth-order valence-corrected chi connectivity index (χ4v) is 2.24. The van der Waals surface area contributed by atoms with Gasteiger partial charge in [0.2, 0.25) is 0 Å². The Hall–Kier alpha value is -0.790. The van der Waals surface area contributed by atoms with Gasteiger partial charge in [0.05, 0.1) is 0 Å². The lowest BCUT2D eigenvalue weighted by molar-refractivity contribution is -0.131. The van der Waals surface area contributed by atoms with Crippen LogP contribution >= 0.6 is 0 Å². The number of carbonyl (C=O) groups is 1. The maximum absolute atomic E-state index is 10.6. The SMILES string of the molecule is CCCCC1CCCC/C1=C\C(=O)O. The maximum Gasteiger partial charge on any atom is 0.328 e. The van der Waals surface area contributed by atoms with E-state index in [9.17, 15) is 4.79 Å². The number of rotatable bonds is 4. The van der Waals surface area contributed by atoms with Gasteiger partial charge in [0.15, 0.2) is 0 Å². The van der Waals surface area contributed by atoms with Gasteiger partial charge in [0.25, 0.3) is 0 Å². The summed E-state index contributed by atoms with van der Waals surface area (Å²) in [5.41, 5.74) is 1.18. The molecular formula is C12H20O2. The molecule has 2 heteroatoms. The van der Waals surface area contributed by atoms with Crippen LogP contribution < -0.4 is 0 Å². The van der Waals surface area contributed by atoms with E-state index in [-0.39, 0.29) is 0 Å². The monoisotopic (exact) mass is 196 g/mol. The molecule has 0 heterocycles. The quantitative estimate of drug-likeness (QED) is 0.700. The van der Waals surface area contributed by atoms with E-state index in [1.165, 1.54) is 50.2 Å². The van der Waals surface area contributed by atoms with Crippen LogP contribution in [0.4, 0.5) is 0 Å². The van der Waals surface area contributed by atoms with Crippen molar-refractivity contribution in [3.63, 3.8) is 0 Å². The smallest absolute Gasteiger partial charge is 0.328 e. The lowest BCUT2D eigenvalue weighted by Gasteiger charge is -2.24. The summed E-state index contributed by atoms with van der Waals surface area (Å²) < 4.78 is 0. The summed E-state index contributed by atoms with van der Waals surface area (Å²) in [6.07, 6.45) is 9.68. The first-order chi connectivity index (χ1) is 6.74. The molecule has 1 rings (SSSR count). The molecule has 1 unspecified atom stereocenters. The predicted octanol–water partition coefficient (Wildman–Crippen LogP) is 3.38. The third-order valence-electron chi connectivity index (χ3n) is 3.01. The van der Waals surface area contributed by atoms with Gasteiger partial charge in [0.1, 0.15) is 0 Å². The molecule has 1 saturated carbocycles. The number of hydrogen-bond donors (Lipinski definition) is 1. The standard InChI is InChI=1S/C12H20O2/c1-2-3-6-10-7-4-5-8-11(10)9-12(13)14/h9-10H,2-8H2,1H3,(H,13,14)/b11-9+. The second-order valence-electron chi connectivity index (χ2n) is 4.14. The molecule has 0 spiro atoms. The minimum atomic E-state index is -0.775. The van der Waals surface area contributed by atoms with Crippen molar-refractivity contribution in [1.29, 1.82) is 0 Å². The summed E-state index contributed by atoms with van der Waals surface area (Å²) in [5.74, 6) is -0.219. The van der Waals surface area contributed by atoms with Gasteiger partial charge in [-0.3, -0.25) is 0 Å². The second-order valence-corrected chi connectivity index (χ2v) is 4.14. The number of allylic oxidation sites excluding steroid dienone is 1. The van der Waals surface area contributed by atoms with Crippen LogP contribution in [-0.4, -0.2) is 11.1 Å². The van der Waals surface area contributed by atoms with Crippen molar-refractivity contribution < 1.29 is 9.90 Å². The summed E-state index contributed by atoms with van der Waals surface area (Å²) in [6.45, 7) is 2.18. The highest BCUT2D eigenvalue weighted by molar-refractivity contribution is 5.80. The molecule has 0 amide bonds. The van der Waals surface area contributed by atoms with E-state index >= 15 is 0 Å². The molecule has 0 aromatic carbocycles. The molecule has 0 aliphatic heterocycles. The van der Waals surface area contributed by atoms with Crippen LogP contribution in [0.2, 0.25) is 0 Å². The molecule has 2 nitrogen and oxygen atoms in total. The largest absolute Gasteiger partial charge is 0.478 e. The zero-order valence-electron chi connectivity index (χ0n) is 8.96. The Bertz CT molecular complexity index is 218. The topological polar surface area (TPSA) is 37.3 Å². The van der Waals surface area contributed by atoms with Crippen LogP contribution in [-0.2, 0) is 4.79 Å². The van der Waals surface area contributed by atoms with Crippen LogP contribution in [0.3, 0.4) is 0 Å². The van der Waals surface area contributed by atoms with Crippen LogP contribution in [0.25, 0.3) is 0 Å². The van der Waals surface area contributed by atoms with Crippen molar-refractivity contribution in [3.05, 3.63) is 11.6 Å². The van der Waals surface area contributed by atoms with Gasteiger partial charge in [-0.1, -0.05) is 31.8 Å². The Morgan fingerprint density at radius 1 is 1.57 bits per heavy atom. The number of carboxylic acids is 1. The summed E-state index contributed by atoms with van der Waals surface area (Å²) in [5, 5.41) is 8.73. The average molecular weight is 196 g/mol. The lowest BCUT2D eigenvalue weighted by Crippen LogP contribution is -2.11. The van der Waals surface area contributed by atoms with E-state index in [2.05, 4.69) is 6.92 Å². The van der Waals surface area contributed by atoms with E-state index in [4.69, 9.17) is 5.11 Å². The molecule has 0 saturated heterocycles. The highest BCUT2D eigenvalue weighted by Gasteiger charge is 2.18. The van der Waals surface area contributed by atoms with Gasteiger partial charge in [0, 0.05) is 6.08 Å². The van der Waals surface area contributed by atoms with E-state index in [0.29, 0.717) is 5.92 Å². The zero-order valence-corrected chi connectivity index (χ0v) is 8.96. The third kappa shape index (κ3) is 3.52. The molecule has 0 bridgehead atoms. The highest BCUT2D eigenvalue weighted by Crippen LogP contribution is 2.32. The number of unbranched alkanes of at least 4 members (excludes halogenated alkanes) is 1. The molecule has 1 N–H and O–H groups in total. The maximum atomic E-state index is 10.6. The summed E-state index contributed by atoms with van der Waals surface area (Å²) in [7, 11) is 0. The van der Waals surface area contributed by atoms with Crippen molar-refractivity contribution in [2.24, 2.45) is 5.92 Å². The minimum absolute atomic E-state index is 0.555. The molecule has 1 fully saturated rings. The van der Waals surface area contributed by atoms with Crippen LogP contribution in [0, 0.1) is 5.92 Å². The van der Waals surface area contributed by atoms with E-state index in [1.807, 2.05) is 0 Å². The Kier molecular flexibility index (Phi) is 4.71. The van der Waals surface area contributed by atoms with Crippen molar-refractivity contribution in [3.8, 4) is 0 Å². The molecule has 0 radical (unpaired) electrons. The Morgan fingerprint density at radius 2 is 2.36 bits per heavy atom. The predicted molar refractivity (Wildman–Crippen MR) is 57.2 cm³/mol. The van der Waals surface area contributed by atoms with Gasteiger partial charge >= 0.3 is 5.97 Å². The van der Waals surface area contributed by atoms with Gasteiger partial charge in [-0.15, -0.1) is 0 Å². The third-order valence-corrected chi connectivity index (χ3v) is 3.01. The fraction of sp³-hybridized carbons (Fsp3) is 0.750. The van der Waals surface area contributed by atoms with Gasteiger partial charge in [-0.05, 0) is 31.6 Å². The van der Waals surface area contributed by atoms with Gasteiger partial charge < -0.3 is 5.11 Å². The van der Waals surface area contributed by atoms with E-state index in [0.717, 1.165) is 6.42 Å². The van der Waals surface area contributed by atoms with Gasteiger partial charge in [-0.2, -0.15) is 0 Å².